The van der Waals surface area contributed by atoms with Gasteiger partial charge in [0.2, 0.25) is 5.91 Å². The zero-order valence-electron chi connectivity index (χ0n) is 17.7. The fraction of sp³-hybridized carbons (Fsp3) is 0.346. The van der Waals surface area contributed by atoms with E-state index in [9.17, 15) is 10.1 Å². The Balaban J connectivity index is 1.36. The number of nitriles is 1. The van der Waals surface area contributed by atoms with E-state index in [0.717, 1.165) is 34.9 Å². The molecule has 0 saturated heterocycles. The number of hydrazone groups is 1. The molecule has 5 rings (SSSR count). The minimum absolute atomic E-state index is 0.0531. The maximum Gasteiger partial charge on any atom is 0.244 e. The Morgan fingerprint density at radius 3 is 2.87 bits per heavy atom. The molecule has 2 aromatic carbocycles. The lowest BCUT2D eigenvalue weighted by Gasteiger charge is -2.15. The first-order valence-electron chi connectivity index (χ1n) is 11.0. The molecule has 2 fully saturated rings. The Labute approximate surface area is 182 Å². The number of nitrogens with one attached hydrogen (secondary N) is 1. The third-order valence-corrected chi connectivity index (χ3v) is 7.29. The third-order valence-electron chi connectivity index (χ3n) is 7.29. The predicted octanol–water partition coefficient (Wildman–Crippen LogP) is 4.84. The molecule has 156 valence electrons. The average molecular weight is 411 g/mol. The van der Waals surface area contributed by atoms with Crippen LogP contribution in [0.3, 0.4) is 0 Å². The van der Waals surface area contributed by atoms with E-state index < -0.39 is 0 Å². The normalized spacial score (nSPS) is 24.6. The highest BCUT2D eigenvalue weighted by Crippen LogP contribution is 2.66. The average Bonchev–Trinajstić information content (AvgIpc) is 3.29. The van der Waals surface area contributed by atoms with Crippen molar-refractivity contribution < 1.29 is 4.79 Å². The van der Waals surface area contributed by atoms with Gasteiger partial charge in [-0.2, -0.15) is 10.4 Å². The van der Waals surface area contributed by atoms with E-state index in [4.69, 9.17) is 0 Å². The highest BCUT2D eigenvalue weighted by Gasteiger charge is 2.64. The van der Waals surface area contributed by atoms with Gasteiger partial charge in [-0.3, -0.25) is 4.79 Å². The van der Waals surface area contributed by atoms with Crippen molar-refractivity contribution in [2.24, 2.45) is 22.4 Å². The summed E-state index contributed by atoms with van der Waals surface area (Å²) in [5, 5.41) is 14.8. The highest BCUT2D eigenvalue weighted by molar-refractivity contribution is 5.99. The summed E-state index contributed by atoms with van der Waals surface area (Å²) in [6.07, 6.45) is 8.55. The molecule has 0 aliphatic heterocycles. The van der Waals surface area contributed by atoms with Gasteiger partial charge in [-0.15, -0.1) is 0 Å². The van der Waals surface area contributed by atoms with E-state index in [1.807, 2.05) is 42.6 Å². The minimum Gasteiger partial charge on any atom is -0.342 e. The Kier molecular flexibility index (Phi) is 4.86. The SMILES string of the molecule is CC12CCCCC1C2C(=O)N/N=C/c1cn(Cc2ccccc2C#N)c2ccccc12. The molecule has 0 radical (unpaired) electrons. The van der Waals surface area contributed by atoms with E-state index in [0.29, 0.717) is 18.0 Å². The topological polar surface area (TPSA) is 70.2 Å². The summed E-state index contributed by atoms with van der Waals surface area (Å²) >= 11 is 0. The molecule has 1 amide bonds. The van der Waals surface area contributed by atoms with Crippen molar-refractivity contribution >= 4 is 23.0 Å². The first-order chi connectivity index (χ1) is 15.1. The number of nitrogens with zero attached hydrogens (tertiary/aromatic N) is 3. The van der Waals surface area contributed by atoms with Crippen LogP contribution in [0.4, 0.5) is 0 Å². The molecule has 31 heavy (non-hydrogen) atoms. The van der Waals surface area contributed by atoms with Gasteiger partial charge in [-0.25, -0.2) is 5.43 Å². The van der Waals surface area contributed by atoms with Crippen LogP contribution in [0.25, 0.3) is 10.9 Å². The number of benzene rings is 2. The fourth-order valence-corrected chi connectivity index (χ4v) is 5.55. The van der Waals surface area contributed by atoms with Crippen LogP contribution in [-0.2, 0) is 11.3 Å². The quantitative estimate of drug-likeness (QED) is 0.483. The number of hydrogen-bond acceptors (Lipinski definition) is 3. The highest BCUT2D eigenvalue weighted by atomic mass is 16.2. The molecule has 2 aliphatic carbocycles. The second-order valence-electron chi connectivity index (χ2n) is 9.07. The Morgan fingerprint density at radius 2 is 2.06 bits per heavy atom. The smallest absolute Gasteiger partial charge is 0.244 e. The van der Waals surface area contributed by atoms with Gasteiger partial charge in [0, 0.05) is 35.1 Å². The van der Waals surface area contributed by atoms with E-state index in [2.05, 4.69) is 40.2 Å². The van der Waals surface area contributed by atoms with E-state index in [-0.39, 0.29) is 17.2 Å². The van der Waals surface area contributed by atoms with Gasteiger partial charge in [0.15, 0.2) is 0 Å². The molecular weight excluding hydrogens is 384 g/mol. The molecule has 3 atom stereocenters. The lowest BCUT2D eigenvalue weighted by Crippen LogP contribution is -2.22. The Hall–Kier alpha value is -3.39. The number of carbonyl (C=O) groups is 1. The van der Waals surface area contributed by atoms with Crippen molar-refractivity contribution in [2.75, 3.05) is 0 Å². The second kappa shape index (κ2) is 7.70. The van der Waals surface area contributed by atoms with Gasteiger partial charge < -0.3 is 4.57 Å². The Morgan fingerprint density at radius 1 is 1.26 bits per heavy atom. The summed E-state index contributed by atoms with van der Waals surface area (Å²) in [4.78, 5) is 12.7. The molecule has 1 aromatic heterocycles. The zero-order chi connectivity index (χ0) is 21.4. The van der Waals surface area contributed by atoms with E-state index in [1.54, 1.807) is 6.21 Å². The summed E-state index contributed by atoms with van der Waals surface area (Å²) in [6, 6.07) is 18.1. The molecule has 2 aliphatic rings. The molecule has 3 aromatic rings. The lowest BCUT2D eigenvalue weighted by molar-refractivity contribution is -0.123. The summed E-state index contributed by atoms with van der Waals surface area (Å²) < 4.78 is 2.13. The van der Waals surface area contributed by atoms with Crippen molar-refractivity contribution in [1.82, 2.24) is 9.99 Å². The van der Waals surface area contributed by atoms with Crippen LogP contribution < -0.4 is 5.43 Å². The molecule has 2 saturated carbocycles. The van der Waals surface area contributed by atoms with Gasteiger partial charge in [0.05, 0.1) is 17.8 Å². The van der Waals surface area contributed by atoms with Crippen LogP contribution in [0, 0.1) is 28.6 Å². The maximum atomic E-state index is 12.7. The molecule has 1 heterocycles. The number of hydrogen-bond donors (Lipinski definition) is 1. The summed E-state index contributed by atoms with van der Waals surface area (Å²) in [7, 11) is 0. The van der Waals surface area contributed by atoms with Crippen molar-refractivity contribution in [1.29, 1.82) is 5.26 Å². The monoisotopic (exact) mass is 410 g/mol. The van der Waals surface area contributed by atoms with Crippen molar-refractivity contribution in [3.8, 4) is 6.07 Å². The van der Waals surface area contributed by atoms with Crippen LogP contribution in [0.2, 0.25) is 0 Å². The van der Waals surface area contributed by atoms with Crippen LogP contribution in [0.1, 0.15) is 49.3 Å². The van der Waals surface area contributed by atoms with Crippen LogP contribution in [0.15, 0.2) is 59.8 Å². The van der Waals surface area contributed by atoms with Crippen LogP contribution >= 0.6 is 0 Å². The van der Waals surface area contributed by atoms with E-state index >= 15 is 0 Å². The fourth-order valence-electron chi connectivity index (χ4n) is 5.55. The summed E-state index contributed by atoms with van der Waals surface area (Å²) in [6.45, 7) is 2.85. The number of amides is 1. The number of rotatable bonds is 5. The minimum atomic E-state index is 0.0531. The predicted molar refractivity (Wildman–Crippen MR) is 121 cm³/mol. The standard InChI is InChI=1S/C26H26N4O/c1-26-13-7-6-11-22(26)24(26)25(31)29-28-15-20-17-30(23-12-5-4-10-21(20)23)16-19-9-3-2-8-18(19)14-27/h2-5,8-10,12,15,17,22,24H,6-7,11,13,16H2,1H3,(H,29,31)/b28-15+. The van der Waals surface area contributed by atoms with Crippen molar-refractivity contribution in [3.63, 3.8) is 0 Å². The Bertz CT molecular complexity index is 1220. The summed E-state index contributed by atoms with van der Waals surface area (Å²) in [5.41, 5.74) is 6.66. The number of para-hydroxylation sites is 1. The van der Waals surface area contributed by atoms with Gasteiger partial charge >= 0.3 is 0 Å². The van der Waals surface area contributed by atoms with Gasteiger partial charge in [0.25, 0.3) is 0 Å². The first kappa shape index (κ1) is 19.6. The van der Waals surface area contributed by atoms with Crippen LogP contribution in [0.5, 0.6) is 0 Å². The molecule has 1 N–H and O–H groups in total. The molecule has 0 spiro atoms. The van der Waals surface area contributed by atoms with E-state index in [1.165, 1.54) is 12.8 Å². The van der Waals surface area contributed by atoms with Crippen molar-refractivity contribution in [2.45, 2.75) is 39.2 Å². The number of aromatic nitrogens is 1. The summed E-state index contributed by atoms with van der Waals surface area (Å²) in [5.74, 6) is 0.687. The van der Waals surface area contributed by atoms with Gasteiger partial charge in [0.1, 0.15) is 0 Å². The van der Waals surface area contributed by atoms with Gasteiger partial charge in [-0.1, -0.05) is 56.2 Å². The largest absolute Gasteiger partial charge is 0.342 e. The maximum absolute atomic E-state index is 12.7. The first-order valence-corrected chi connectivity index (χ1v) is 11.0. The zero-order valence-corrected chi connectivity index (χ0v) is 17.7. The molecule has 3 unspecified atom stereocenters. The van der Waals surface area contributed by atoms with Crippen LogP contribution in [-0.4, -0.2) is 16.7 Å². The molecule has 5 nitrogen and oxygen atoms in total. The third kappa shape index (κ3) is 3.42. The van der Waals surface area contributed by atoms with Gasteiger partial charge in [-0.05, 0) is 41.9 Å². The molecular formula is C26H26N4O. The second-order valence-corrected chi connectivity index (χ2v) is 9.07. The van der Waals surface area contributed by atoms with Crippen molar-refractivity contribution in [3.05, 3.63) is 71.4 Å². The number of fused-ring (bicyclic) bond motifs is 2. The number of carbonyl (C=O) groups excluding carboxylic acids is 1. The molecule has 5 heteroatoms. The molecule has 0 bridgehead atoms. The lowest BCUT2D eigenvalue weighted by atomic mass is 9.90.